The number of anilines is 3. The molecule has 4 rings (SSSR count). The van der Waals surface area contributed by atoms with Crippen LogP contribution < -0.4 is 26.8 Å². The lowest BCUT2D eigenvalue weighted by Crippen LogP contribution is -2.43. The molecule has 6 N–H and O–H groups in total. The van der Waals surface area contributed by atoms with E-state index in [2.05, 4.69) is 20.6 Å². The maximum Gasteiger partial charge on any atom is 0.252 e. The molecule has 31 heavy (non-hydrogen) atoms. The maximum absolute atomic E-state index is 14.7. The van der Waals surface area contributed by atoms with Crippen LogP contribution in [0.25, 0.3) is 10.9 Å². The van der Waals surface area contributed by atoms with Gasteiger partial charge in [0.25, 0.3) is 5.91 Å². The minimum atomic E-state index is -0.776. The summed E-state index contributed by atoms with van der Waals surface area (Å²) < 4.78 is 19.8. The van der Waals surface area contributed by atoms with E-state index in [1.54, 1.807) is 19.2 Å². The summed E-state index contributed by atoms with van der Waals surface area (Å²) in [6.07, 6.45) is 3.79. The highest BCUT2D eigenvalue weighted by Gasteiger charge is 2.24. The second-order valence-electron chi connectivity index (χ2n) is 7.66. The largest absolute Gasteiger partial charge is 0.481 e. The fourth-order valence-electron chi connectivity index (χ4n) is 3.82. The van der Waals surface area contributed by atoms with Crippen molar-refractivity contribution < 1.29 is 13.9 Å². The summed E-state index contributed by atoms with van der Waals surface area (Å²) in [5.41, 5.74) is 13.0. The lowest BCUT2D eigenvalue weighted by molar-refractivity contribution is 0.100. The van der Waals surface area contributed by atoms with Crippen molar-refractivity contribution in [1.29, 1.82) is 0 Å². The molecule has 0 bridgehead atoms. The molecule has 0 aliphatic heterocycles. The Morgan fingerprint density at radius 1 is 1.13 bits per heavy atom. The highest BCUT2D eigenvalue weighted by Crippen LogP contribution is 2.28. The van der Waals surface area contributed by atoms with E-state index in [-0.39, 0.29) is 29.3 Å². The van der Waals surface area contributed by atoms with E-state index in [9.17, 15) is 9.18 Å². The number of benzene rings is 1. The zero-order valence-corrected chi connectivity index (χ0v) is 17.2. The number of ether oxygens (including phenoxy) is 1. The fraction of sp³-hybridized carbons (Fsp3) is 0.318. The predicted octanol–water partition coefficient (Wildman–Crippen LogP) is 3.30. The number of aromatic nitrogens is 2. The van der Waals surface area contributed by atoms with E-state index in [0.717, 1.165) is 42.7 Å². The van der Waals surface area contributed by atoms with Gasteiger partial charge in [0.05, 0.1) is 18.2 Å². The number of rotatable bonds is 6. The average Bonchev–Trinajstić information content (AvgIpc) is 2.76. The van der Waals surface area contributed by atoms with Crippen molar-refractivity contribution in [3.05, 3.63) is 47.8 Å². The third-order valence-corrected chi connectivity index (χ3v) is 5.52. The molecule has 9 heteroatoms. The number of hydrogen-bond acceptors (Lipinski definition) is 7. The molecule has 0 unspecified atom stereocenters. The lowest BCUT2D eigenvalue weighted by Gasteiger charge is -2.30. The highest BCUT2D eigenvalue weighted by molar-refractivity contribution is 5.99. The Morgan fingerprint density at radius 2 is 1.94 bits per heavy atom. The number of hydrogen-bond donors (Lipinski definition) is 4. The number of amides is 1. The number of nitrogens with one attached hydrogen (secondary N) is 2. The molecule has 1 aliphatic rings. The van der Waals surface area contributed by atoms with Gasteiger partial charge in [-0.25, -0.2) is 14.4 Å². The molecule has 1 aromatic carbocycles. The van der Waals surface area contributed by atoms with E-state index in [1.807, 2.05) is 18.2 Å². The number of primary amides is 1. The van der Waals surface area contributed by atoms with Gasteiger partial charge in [-0.15, -0.1) is 0 Å². The summed E-state index contributed by atoms with van der Waals surface area (Å²) in [6.45, 7) is 0. The molecule has 0 radical (unpaired) electrons. The van der Waals surface area contributed by atoms with Gasteiger partial charge in [0.15, 0.2) is 11.6 Å². The molecule has 1 amide bonds. The summed E-state index contributed by atoms with van der Waals surface area (Å²) in [7, 11) is 1.56. The number of fused-ring (bicyclic) bond motifs is 1. The highest BCUT2D eigenvalue weighted by atomic mass is 19.1. The first-order valence-electron chi connectivity index (χ1n) is 10.2. The van der Waals surface area contributed by atoms with Crippen molar-refractivity contribution in [2.75, 3.05) is 17.7 Å². The topological polar surface area (TPSA) is 128 Å². The van der Waals surface area contributed by atoms with E-state index >= 15 is 0 Å². The Kier molecular flexibility index (Phi) is 5.85. The van der Waals surface area contributed by atoms with Crippen LogP contribution in [0.1, 0.15) is 36.0 Å². The number of carbonyl (C=O) groups excluding carboxylic acids is 1. The fourth-order valence-corrected chi connectivity index (χ4v) is 3.82. The van der Waals surface area contributed by atoms with Gasteiger partial charge in [0.2, 0.25) is 5.88 Å². The standard InChI is InChI=1S/C22H25FN6O2/c1-31-19-9-6-12-10-13(7-8-17(12)27-19)26-21-14(20(25)30)11-15(23)22(29-21)28-18-5-3-2-4-16(18)24/h6-11,16,18H,2-5,24H2,1H3,(H2,25,30)(H2,26,28,29)/t16-,18+/m0/s1. The number of nitrogens with two attached hydrogens (primary N) is 2. The number of halogens is 1. The molecule has 2 heterocycles. The second-order valence-corrected chi connectivity index (χ2v) is 7.66. The van der Waals surface area contributed by atoms with Gasteiger partial charge in [-0.05, 0) is 43.2 Å². The number of carbonyl (C=O) groups is 1. The third-order valence-electron chi connectivity index (χ3n) is 5.52. The molecule has 1 saturated carbocycles. The zero-order chi connectivity index (χ0) is 22.0. The van der Waals surface area contributed by atoms with E-state index in [4.69, 9.17) is 16.2 Å². The summed E-state index contributed by atoms with van der Waals surface area (Å²) in [6, 6.07) is 10.0. The maximum atomic E-state index is 14.7. The van der Waals surface area contributed by atoms with Crippen LogP contribution in [0.5, 0.6) is 5.88 Å². The monoisotopic (exact) mass is 424 g/mol. The molecule has 2 atom stereocenters. The van der Waals surface area contributed by atoms with Gasteiger partial charge in [0.1, 0.15) is 5.82 Å². The molecule has 0 spiro atoms. The van der Waals surface area contributed by atoms with E-state index in [1.165, 1.54) is 0 Å². The second kappa shape index (κ2) is 8.73. The third kappa shape index (κ3) is 4.51. The van der Waals surface area contributed by atoms with Crippen LogP contribution in [0.3, 0.4) is 0 Å². The molecule has 8 nitrogen and oxygen atoms in total. The van der Waals surface area contributed by atoms with Crippen LogP contribution in [0.4, 0.5) is 21.7 Å². The van der Waals surface area contributed by atoms with Crippen molar-refractivity contribution >= 4 is 34.1 Å². The molecule has 3 aromatic rings. The van der Waals surface area contributed by atoms with Gasteiger partial charge >= 0.3 is 0 Å². The number of nitrogens with zero attached hydrogens (tertiary/aromatic N) is 2. The van der Waals surface area contributed by atoms with Crippen LogP contribution in [0.15, 0.2) is 36.4 Å². The molecular weight excluding hydrogens is 399 g/mol. The lowest BCUT2D eigenvalue weighted by atomic mass is 9.91. The van der Waals surface area contributed by atoms with E-state index < -0.39 is 11.7 Å². The Balaban J connectivity index is 1.65. The normalized spacial score (nSPS) is 18.5. The molecule has 162 valence electrons. The zero-order valence-electron chi connectivity index (χ0n) is 17.2. The SMILES string of the molecule is COc1ccc2cc(Nc3nc(N[C@@H]4CCCC[C@@H]4N)c(F)cc3C(N)=O)ccc2n1. The van der Waals surface area contributed by atoms with Crippen LogP contribution >= 0.6 is 0 Å². The summed E-state index contributed by atoms with van der Waals surface area (Å²) in [5.74, 6) is -0.696. The van der Waals surface area contributed by atoms with Crippen LogP contribution in [0.2, 0.25) is 0 Å². The number of methoxy groups -OCH3 is 1. The Labute approximate surface area is 179 Å². The van der Waals surface area contributed by atoms with Gasteiger partial charge in [-0.3, -0.25) is 4.79 Å². The van der Waals surface area contributed by atoms with Gasteiger partial charge in [-0.1, -0.05) is 12.8 Å². The summed E-state index contributed by atoms with van der Waals surface area (Å²) in [5, 5.41) is 7.05. The van der Waals surface area contributed by atoms with Crippen LogP contribution in [-0.4, -0.2) is 35.1 Å². The minimum absolute atomic E-state index is 0.0380. The first kappa shape index (κ1) is 20.8. The van der Waals surface area contributed by atoms with E-state index in [0.29, 0.717) is 11.6 Å². The number of pyridine rings is 2. The Bertz CT molecular complexity index is 1120. The molecule has 1 aliphatic carbocycles. The molecular formula is C22H25FN6O2. The molecule has 2 aromatic heterocycles. The Morgan fingerprint density at radius 3 is 2.68 bits per heavy atom. The average molecular weight is 424 g/mol. The van der Waals surface area contributed by atoms with Crippen molar-refractivity contribution in [1.82, 2.24) is 9.97 Å². The van der Waals surface area contributed by atoms with Crippen molar-refractivity contribution in [2.45, 2.75) is 37.8 Å². The first-order valence-corrected chi connectivity index (χ1v) is 10.2. The van der Waals surface area contributed by atoms with Crippen LogP contribution in [-0.2, 0) is 0 Å². The smallest absolute Gasteiger partial charge is 0.252 e. The summed E-state index contributed by atoms with van der Waals surface area (Å²) in [4.78, 5) is 20.6. The van der Waals surface area contributed by atoms with Gasteiger partial charge in [-0.2, -0.15) is 0 Å². The quantitative estimate of drug-likeness (QED) is 0.478. The van der Waals surface area contributed by atoms with Crippen LogP contribution in [0, 0.1) is 5.82 Å². The van der Waals surface area contributed by atoms with Crippen molar-refractivity contribution in [2.24, 2.45) is 11.5 Å². The van der Waals surface area contributed by atoms with Crippen molar-refractivity contribution in [3.8, 4) is 5.88 Å². The van der Waals surface area contributed by atoms with Gasteiger partial charge < -0.3 is 26.8 Å². The minimum Gasteiger partial charge on any atom is -0.481 e. The summed E-state index contributed by atoms with van der Waals surface area (Å²) >= 11 is 0. The van der Waals surface area contributed by atoms with Gasteiger partial charge in [0, 0.05) is 29.2 Å². The molecule has 0 saturated heterocycles. The molecule has 1 fully saturated rings. The van der Waals surface area contributed by atoms with Crippen molar-refractivity contribution in [3.63, 3.8) is 0 Å². The predicted molar refractivity (Wildman–Crippen MR) is 118 cm³/mol. The Hall–Kier alpha value is -3.46. The first-order chi connectivity index (χ1) is 14.9.